The lowest BCUT2D eigenvalue weighted by Crippen LogP contribution is -2.33. The third kappa shape index (κ3) is 3.98. The van der Waals surface area contributed by atoms with Crippen molar-refractivity contribution in [2.75, 3.05) is 19.7 Å². The molecule has 0 unspecified atom stereocenters. The van der Waals surface area contributed by atoms with Crippen molar-refractivity contribution in [3.8, 4) is 5.75 Å². The molecule has 3 rings (SSSR count). The number of nitrogens with zero attached hydrogens (tertiary/aromatic N) is 1. The van der Waals surface area contributed by atoms with Gasteiger partial charge in [-0.25, -0.2) is 0 Å². The van der Waals surface area contributed by atoms with E-state index in [4.69, 9.17) is 14.8 Å². The molecule has 1 aromatic carbocycles. The first-order valence-corrected chi connectivity index (χ1v) is 7.55. The summed E-state index contributed by atoms with van der Waals surface area (Å²) in [4.78, 5) is 2.56. The second-order valence-corrected chi connectivity index (χ2v) is 5.96. The fraction of sp³-hybridized carbons (Fsp3) is 0.600. The number of rotatable bonds is 8. The third-order valence-electron chi connectivity index (χ3n) is 4.06. The highest BCUT2D eigenvalue weighted by molar-refractivity contribution is 6.58. The van der Waals surface area contributed by atoms with E-state index in [1.807, 2.05) is 6.07 Å². The van der Waals surface area contributed by atoms with Gasteiger partial charge in [-0.15, -0.1) is 0 Å². The van der Waals surface area contributed by atoms with E-state index in [2.05, 4.69) is 4.90 Å². The molecule has 5 heteroatoms. The molecule has 0 radical (unpaired) electrons. The van der Waals surface area contributed by atoms with Crippen LogP contribution in [-0.4, -0.2) is 47.8 Å². The smallest absolute Gasteiger partial charge is 0.488 e. The molecule has 0 saturated heterocycles. The maximum atomic E-state index is 9.14. The molecule has 4 nitrogen and oxygen atoms in total. The van der Waals surface area contributed by atoms with Gasteiger partial charge in [0, 0.05) is 19.1 Å². The van der Waals surface area contributed by atoms with Crippen LogP contribution in [0.3, 0.4) is 0 Å². The van der Waals surface area contributed by atoms with Gasteiger partial charge in [0.15, 0.2) is 0 Å². The van der Waals surface area contributed by atoms with Crippen LogP contribution in [0.4, 0.5) is 0 Å². The lowest BCUT2D eigenvalue weighted by molar-refractivity contribution is 0.195. The SMILES string of the molecule is OB(O)c1cccc(OCCN(CC2CC2)C2CC2)c1. The van der Waals surface area contributed by atoms with E-state index in [0.717, 1.165) is 18.5 Å². The lowest BCUT2D eigenvalue weighted by atomic mass is 9.80. The number of benzene rings is 1. The van der Waals surface area contributed by atoms with E-state index in [0.29, 0.717) is 17.8 Å². The van der Waals surface area contributed by atoms with Crippen LogP contribution in [-0.2, 0) is 0 Å². The highest BCUT2D eigenvalue weighted by Gasteiger charge is 2.33. The van der Waals surface area contributed by atoms with Gasteiger partial charge in [-0.1, -0.05) is 12.1 Å². The Morgan fingerprint density at radius 2 is 2.00 bits per heavy atom. The Labute approximate surface area is 120 Å². The Balaban J connectivity index is 1.47. The predicted molar refractivity (Wildman–Crippen MR) is 79.1 cm³/mol. The summed E-state index contributed by atoms with van der Waals surface area (Å²) in [5, 5.41) is 18.3. The summed E-state index contributed by atoms with van der Waals surface area (Å²) >= 11 is 0. The Bertz CT molecular complexity index is 446. The summed E-state index contributed by atoms with van der Waals surface area (Å²) in [5.74, 6) is 1.63. The van der Waals surface area contributed by atoms with Crippen LogP contribution in [0.25, 0.3) is 0 Å². The molecule has 0 atom stereocenters. The maximum absolute atomic E-state index is 9.14. The zero-order valence-electron chi connectivity index (χ0n) is 11.7. The zero-order valence-corrected chi connectivity index (χ0v) is 11.7. The molecule has 0 spiro atoms. The molecule has 20 heavy (non-hydrogen) atoms. The second kappa shape index (κ2) is 6.16. The fourth-order valence-electron chi connectivity index (χ4n) is 2.54. The first-order chi connectivity index (χ1) is 9.72. The van der Waals surface area contributed by atoms with Crippen molar-refractivity contribution >= 4 is 12.6 Å². The van der Waals surface area contributed by atoms with Crippen LogP contribution in [0, 0.1) is 5.92 Å². The third-order valence-corrected chi connectivity index (χ3v) is 4.06. The van der Waals surface area contributed by atoms with Crippen LogP contribution in [0.2, 0.25) is 0 Å². The van der Waals surface area contributed by atoms with Crippen molar-refractivity contribution in [3.05, 3.63) is 24.3 Å². The second-order valence-electron chi connectivity index (χ2n) is 5.96. The highest BCUT2D eigenvalue weighted by Crippen LogP contribution is 2.34. The van der Waals surface area contributed by atoms with Crippen LogP contribution in [0.5, 0.6) is 5.75 Å². The van der Waals surface area contributed by atoms with Crippen LogP contribution in [0.15, 0.2) is 24.3 Å². The van der Waals surface area contributed by atoms with E-state index < -0.39 is 7.12 Å². The topological polar surface area (TPSA) is 52.9 Å². The maximum Gasteiger partial charge on any atom is 0.488 e. The van der Waals surface area contributed by atoms with Gasteiger partial charge in [-0.05, 0) is 49.2 Å². The largest absolute Gasteiger partial charge is 0.492 e. The summed E-state index contributed by atoms with van der Waals surface area (Å²) < 4.78 is 5.74. The van der Waals surface area contributed by atoms with Crippen molar-refractivity contribution in [1.29, 1.82) is 0 Å². The molecule has 2 fully saturated rings. The average molecular weight is 275 g/mol. The fourth-order valence-corrected chi connectivity index (χ4v) is 2.54. The van der Waals surface area contributed by atoms with Crippen LogP contribution < -0.4 is 10.2 Å². The van der Waals surface area contributed by atoms with E-state index in [1.165, 1.54) is 32.2 Å². The van der Waals surface area contributed by atoms with Crippen LogP contribution >= 0.6 is 0 Å². The molecule has 0 aliphatic heterocycles. The highest BCUT2D eigenvalue weighted by atomic mass is 16.5. The van der Waals surface area contributed by atoms with Gasteiger partial charge in [-0.3, -0.25) is 4.90 Å². The first kappa shape index (κ1) is 13.9. The normalized spacial score (nSPS) is 18.4. The summed E-state index contributed by atoms with van der Waals surface area (Å²) in [6.45, 7) is 2.85. The van der Waals surface area contributed by atoms with Gasteiger partial charge in [-0.2, -0.15) is 0 Å². The van der Waals surface area contributed by atoms with Crippen molar-refractivity contribution in [1.82, 2.24) is 4.90 Å². The van der Waals surface area contributed by atoms with Crippen molar-refractivity contribution in [2.24, 2.45) is 5.92 Å². The Hall–Kier alpha value is -1.04. The lowest BCUT2D eigenvalue weighted by Gasteiger charge is -2.21. The van der Waals surface area contributed by atoms with Crippen molar-refractivity contribution in [3.63, 3.8) is 0 Å². The molecular weight excluding hydrogens is 253 g/mol. The molecule has 0 aromatic heterocycles. The number of hydrogen-bond donors (Lipinski definition) is 2. The molecule has 0 heterocycles. The molecule has 2 aliphatic carbocycles. The van der Waals surface area contributed by atoms with Gasteiger partial charge in [0.1, 0.15) is 12.4 Å². The summed E-state index contributed by atoms with van der Waals surface area (Å²) in [6.07, 6.45) is 5.44. The molecule has 2 aliphatic rings. The monoisotopic (exact) mass is 275 g/mol. The quantitative estimate of drug-likeness (QED) is 0.683. The summed E-state index contributed by atoms with van der Waals surface area (Å²) in [5.41, 5.74) is 0.472. The zero-order chi connectivity index (χ0) is 13.9. The number of ether oxygens (including phenoxy) is 1. The molecule has 108 valence electrons. The van der Waals surface area contributed by atoms with Gasteiger partial charge in [0.2, 0.25) is 0 Å². The van der Waals surface area contributed by atoms with Crippen molar-refractivity contribution < 1.29 is 14.8 Å². The van der Waals surface area contributed by atoms with Gasteiger partial charge >= 0.3 is 7.12 Å². The molecule has 1 aromatic rings. The molecule has 2 N–H and O–H groups in total. The van der Waals surface area contributed by atoms with E-state index in [9.17, 15) is 0 Å². The molecule has 0 amide bonds. The summed E-state index contributed by atoms with van der Waals surface area (Å²) in [6, 6.07) is 7.79. The Kier molecular flexibility index (Phi) is 4.29. The minimum atomic E-state index is -1.43. The molecule has 2 saturated carbocycles. The van der Waals surface area contributed by atoms with E-state index in [-0.39, 0.29) is 0 Å². The standard InChI is InChI=1S/C15H22BNO3/c18-16(19)13-2-1-3-15(10-13)20-9-8-17(14-6-7-14)11-12-4-5-12/h1-3,10,12,14,18-19H,4-9,11H2. The van der Waals surface area contributed by atoms with Crippen LogP contribution in [0.1, 0.15) is 25.7 Å². The van der Waals surface area contributed by atoms with Crippen molar-refractivity contribution in [2.45, 2.75) is 31.7 Å². The number of hydrogen-bond acceptors (Lipinski definition) is 4. The first-order valence-electron chi connectivity index (χ1n) is 7.55. The molecular formula is C15H22BNO3. The average Bonchev–Trinajstić information content (AvgIpc) is 3.31. The Morgan fingerprint density at radius 3 is 2.65 bits per heavy atom. The van der Waals surface area contributed by atoms with E-state index in [1.54, 1.807) is 18.2 Å². The van der Waals surface area contributed by atoms with E-state index >= 15 is 0 Å². The summed E-state index contributed by atoms with van der Waals surface area (Å²) in [7, 11) is -1.43. The van der Waals surface area contributed by atoms with Gasteiger partial charge in [0.05, 0.1) is 0 Å². The molecule has 0 bridgehead atoms. The van der Waals surface area contributed by atoms with Gasteiger partial charge < -0.3 is 14.8 Å². The predicted octanol–water partition coefficient (Wildman–Crippen LogP) is 0.620. The minimum Gasteiger partial charge on any atom is -0.492 e. The van der Waals surface area contributed by atoms with Gasteiger partial charge in [0.25, 0.3) is 0 Å². The minimum absolute atomic E-state index is 0.472. The Morgan fingerprint density at radius 1 is 1.20 bits per heavy atom.